The molecule has 3 rings (SSSR count). The van der Waals surface area contributed by atoms with Crippen LogP contribution in [0.2, 0.25) is 0 Å². The molecule has 0 aliphatic carbocycles. The largest absolute Gasteiger partial charge is 0.481 e. The maximum absolute atomic E-state index is 13.6. The van der Waals surface area contributed by atoms with E-state index in [9.17, 15) is 14.0 Å². The summed E-state index contributed by atoms with van der Waals surface area (Å²) in [4.78, 5) is 27.4. The molecule has 0 spiro atoms. The Morgan fingerprint density at radius 3 is 2.55 bits per heavy atom. The first-order valence-corrected chi connectivity index (χ1v) is 11.5. The summed E-state index contributed by atoms with van der Waals surface area (Å²) >= 11 is 0. The lowest BCUT2D eigenvalue weighted by Gasteiger charge is -2.39. The van der Waals surface area contributed by atoms with E-state index >= 15 is 0 Å². The van der Waals surface area contributed by atoms with Gasteiger partial charge in [0.2, 0.25) is 5.91 Å². The number of hydrogen-bond acceptors (Lipinski definition) is 4. The van der Waals surface area contributed by atoms with Crippen LogP contribution in [0.15, 0.2) is 42.5 Å². The first-order valence-electron chi connectivity index (χ1n) is 11.5. The second-order valence-corrected chi connectivity index (χ2v) is 8.55. The molecule has 33 heavy (non-hydrogen) atoms. The van der Waals surface area contributed by atoms with Gasteiger partial charge < -0.3 is 19.7 Å². The van der Waals surface area contributed by atoms with Gasteiger partial charge in [-0.25, -0.2) is 4.39 Å². The molecule has 1 N–H and O–H groups in total. The van der Waals surface area contributed by atoms with E-state index in [-0.39, 0.29) is 29.6 Å². The Kier molecular flexibility index (Phi) is 8.44. The first kappa shape index (κ1) is 24.7. The van der Waals surface area contributed by atoms with E-state index in [4.69, 9.17) is 9.47 Å². The van der Waals surface area contributed by atoms with Crippen molar-refractivity contribution >= 4 is 11.8 Å². The molecular weight excluding hydrogens is 423 g/mol. The average Bonchev–Trinajstić information content (AvgIpc) is 2.81. The fourth-order valence-corrected chi connectivity index (χ4v) is 4.12. The second kappa shape index (κ2) is 11.3. The van der Waals surface area contributed by atoms with Gasteiger partial charge in [0.15, 0.2) is 6.10 Å². The summed E-state index contributed by atoms with van der Waals surface area (Å²) in [5, 5.41) is 2.81. The van der Waals surface area contributed by atoms with Gasteiger partial charge in [-0.15, -0.1) is 0 Å². The van der Waals surface area contributed by atoms with Gasteiger partial charge in [0.05, 0.1) is 12.6 Å². The molecule has 178 valence electrons. The number of carbonyl (C=O) groups is 2. The normalized spacial score (nSPS) is 16.3. The van der Waals surface area contributed by atoms with Gasteiger partial charge in [-0.05, 0) is 53.8 Å². The number of halogens is 1. The highest BCUT2D eigenvalue weighted by Crippen LogP contribution is 2.38. The summed E-state index contributed by atoms with van der Waals surface area (Å²) < 4.78 is 24.7. The Bertz CT molecular complexity index is 961. The van der Waals surface area contributed by atoms with Gasteiger partial charge in [-0.3, -0.25) is 9.59 Å². The quantitative estimate of drug-likeness (QED) is 0.582. The minimum atomic E-state index is -0.638. The summed E-state index contributed by atoms with van der Waals surface area (Å²) in [6.45, 7) is 7.09. The number of nitrogens with zero attached hydrogens (tertiary/aromatic N) is 1. The Labute approximate surface area is 195 Å². The number of rotatable bonds is 9. The Morgan fingerprint density at radius 2 is 1.91 bits per heavy atom. The highest BCUT2D eigenvalue weighted by molar-refractivity contribution is 5.81. The molecule has 1 aliphatic heterocycles. The summed E-state index contributed by atoms with van der Waals surface area (Å²) in [7, 11) is 1.58. The fraction of sp³-hybridized carbons (Fsp3) is 0.462. The number of amides is 2. The molecule has 2 aromatic carbocycles. The van der Waals surface area contributed by atoms with E-state index in [0.717, 1.165) is 23.1 Å². The summed E-state index contributed by atoms with van der Waals surface area (Å²) in [6.07, 6.45) is 0.594. The third-order valence-electron chi connectivity index (χ3n) is 5.86. The van der Waals surface area contributed by atoms with E-state index in [0.29, 0.717) is 31.9 Å². The predicted molar refractivity (Wildman–Crippen MR) is 125 cm³/mol. The number of ether oxygens (including phenoxy) is 2. The number of carbonyl (C=O) groups excluding carboxylic acids is 2. The molecule has 0 radical (unpaired) electrons. The van der Waals surface area contributed by atoms with Crippen molar-refractivity contribution in [3.63, 3.8) is 0 Å². The minimum Gasteiger partial charge on any atom is -0.481 e. The molecule has 2 aromatic rings. The van der Waals surface area contributed by atoms with Crippen molar-refractivity contribution in [2.24, 2.45) is 5.92 Å². The molecular formula is C26H33FN2O4. The van der Waals surface area contributed by atoms with Crippen molar-refractivity contribution in [1.82, 2.24) is 10.2 Å². The van der Waals surface area contributed by atoms with Crippen molar-refractivity contribution < 1.29 is 23.5 Å². The van der Waals surface area contributed by atoms with Crippen LogP contribution in [0.1, 0.15) is 49.9 Å². The molecule has 0 fully saturated rings. The lowest BCUT2D eigenvalue weighted by Crippen LogP contribution is -2.42. The molecule has 0 bridgehead atoms. The molecule has 1 heterocycles. The smallest absolute Gasteiger partial charge is 0.261 e. The number of methoxy groups -OCH3 is 1. The SMILES string of the molecule is CC[C@@H](Oc1ccc2c(c1)[C@H](c1ccc(F)cc1)N(C(=O)C(C)C)CC2)C(=O)NCCOC. The van der Waals surface area contributed by atoms with Gasteiger partial charge in [-0.1, -0.05) is 39.0 Å². The second-order valence-electron chi connectivity index (χ2n) is 8.55. The maximum Gasteiger partial charge on any atom is 0.261 e. The molecule has 1 aliphatic rings. The molecule has 7 heteroatoms. The Morgan fingerprint density at radius 1 is 1.18 bits per heavy atom. The fourth-order valence-electron chi connectivity index (χ4n) is 4.12. The predicted octanol–water partition coefficient (Wildman–Crippen LogP) is 3.88. The Balaban J connectivity index is 1.93. The summed E-state index contributed by atoms with van der Waals surface area (Å²) in [5.41, 5.74) is 2.89. The van der Waals surface area contributed by atoms with E-state index < -0.39 is 6.10 Å². The molecule has 0 aromatic heterocycles. The third-order valence-corrected chi connectivity index (χ3v) is 5.86. The molecule has 0 saturated carbocycles. The number of benzene rings is 2. The zero-order valence-corrected chi connectivity index (χ0v) is 19.8. The topological polar surface area (TPSA) is 67.9 Å². The van der Waals surface area contributed by atoms with Crippen molar-refractivity contribution in [3.8, 4) is 5.75 Å². The van der Waals surface area contributed by atoms with E-state index in [1.54, 1.807) is 19.2 Å². The van der Waals surface area contributed by atoms with Crippen LogP contribution >= 0.6 is 0 Å². The van der Waals surface area contributed by atoms with Crippen LogP contribution in [-0.4, -0.2) is 49.6 Å². The molecule has 6 nitrogen and oxygen atoms in total. The lowest BCUT2D eigenvalue weighted by molar-refractivity contribution is -0.136. The van der Waals surface area contributed by atoms with Crippen molar-refractivity contribution in [1.29, 1.82) is 0 Å². The first-order chi connectivity index (χ1) is 15.8. The van der Waals surface area contributed by atoms with Gasteiger partial charge in [0.25, 0.3) is 5.91 Å². The van der Waals surface area contributed by atoms with Gasteiger partial charge >= 0.3 is 0 Å². The van der Waals surface area contributed by atoms with Crippen molar-refractivity contribution in [2.45, 2.75) is 45.8 Å². The lowest BCUT2D eigenvalue weighted by atomic mass is 9.87. The third kappa shape index (κ3) is 5.90. The van der Waals surface area contributed by atoms with E-state index in [1.165, 1.54) is 12.1 Å². The van der Waals surface area contributed by atoms with Crippen LogP contribution in [0, 0.1) is 11.7 Å². The molecule has 0 saturated heterocycles. The van der Waals surface area contributed by atoms with Gasteiger partial charge in [0.1, 0.15) is 11.6 Å². The zero-order chi connectivity index (χ0) is 24.0. The number of hydrogen-bond donors (Lipinski definition) is 1. The van der Waals surface area contributed by atoms with Crippen LogP contribution in [0.25, 0.3) is 0 Å². The van der Waals surface area contributed by atoms with Crippen LogP contribution in [0.5, 0.6) is 5.75 Å². The zero-order valence-electron chi connectivity index (χ0n) is 19.8. The van der Waals surface area contributed by atoms with E-state index in [1.807, 2.05) is 43.9 Å². The van der Waals surface area contributed by atoms with Gasteiger partial charge in [-0.2, -0.15) is 0 Å². The number of fused-ring (bicyclic) bond motifs is 1. The molecule has 0 unspecified atom stereocenters. The van der Waals surface area contributed by atoms with Crippen molar-refractivity contribution in [3.05, 3.63) is 65.0 Å². The van der Waals surface area contributed by atoms with Gasteiger partial charge in [0, 0.05) is 26.1 Å². The highest BCUT2D eigenvalue weighted by atomic mass is 19.1. The van der Waals surface area contributed by atoms with Crippen LogP contribution < -0.4 is 10.1 Å². The average molecular weight is 457 g/mol. The van der Waals surface area contributed by atoms with Crippen molar-refractivity contribution in [2.75, 3.05) is 26.8 Å². The van der Waals surface area contributed by atoms with Crippen LogP contribution in [0.4, 0.5) is 4.39 Å². The summed E-state index contributed by atoms with van der Waals surface area (Å²) in [6, 6.07) is 11.7. The monoisotopic (exact) mass is 456 g/mol. The van der Waals surface area contributed by atoms with Crippen LogP contribution in [-0.2, 0) is 20.7 Å². The molecule has 2 atom stereocenters. The summed E-state index contributed by atoms with van der Waals surface area (Å²) in [5.74, 6) is -0.0641. The maximum atomic E-state index is 13.6. The highest BCUT2D eigenvalue weighted by Gasteiger charge is 2.33. The molecule has 2 amide bonds. The number of nitrogens with one attached hydrogen (secondary N) is 1. The minimum absolute atomic E-state index is 0.0465. The standard InChI is InChI=1S/C26H33FN2O4/c1-5-23(25(30)28-13-15-32-4)33-21-11-8-18-12-14-29(26(31)17(2)3)24(22(18)16-21)19-6-9-20(27)10-7-19/h6-11,16-17,23-24H,5,12-15H2,1-4H3,(H,28,30)/t23-,24+/m1/s1. The van der Waals surface area contributed by atoms with Crippen LogP contribution in [0.3, 0.4) is 0 Å². The van der Waals surface area contributed by atoms with E-state index in [2.05, 4.69) is 5.32 Å². The Hall–Kier alpha value is -2.93.